The van der Waals surface area contributed by atoms with E-state index in [2.05, 4.69) is 0 Å². The van der Waals surface area contributed by atoms with E-state index in [1.165, 1.54) is 13.2 Å². The van der Waals surface area contributed by atoms with E-state index >= 15 is 0 Å². The highest BCUT2D eigenvalue weighted by Crippen LogP contribution is 2.14. The van der Waals surface area contributed by atoms with Crippen molar-refractivity contribution in [3.63, 3.8) is 0 Å². The van der Waals surface area contributed by atoms with Crippen molar-refractivity contribution in [1.29, 1.82) is 0 Å². The predicted molar refractivity (Wildman–Crippen MR) is 47.4 cm³/mol. The van der Waals surface area contributed by atoms with Gasteiger partial charge in [-0.05, 0) is 13.0 Å². The van der Waals surface area contributed by atoms with Gasteiger partial charge in [0.05, 0.1) is 6.61 Å². The van der Waals surface area contributed by atoms with E-state index in [1.807, 2.05) is 0 Å². The Morgan fingerprint density at radius 2 is 2.29 bits per heavy atom. The third-order valence-electron chi connectivity index (χ3n) is 1.81. The van der Waals surface area contributed by atoms with Gasteiger partial charge in [0, 0.05) is 7.11 Å². The summed E-state index contributed by atoms with van der Waals surface area (Å²) in [4.78, 5) is 11.3. The van der Waals surface area contributed by atoms with E-state index in [1.54, 1.807) is 13.0 Å². The summed E-state index contributed by atoms with van der Waals surface area (Å²) < 4.78 is 14.7. The summed E-state index contributed by atoms with van der Waals surface area (Å²) in [5.74, 6) is -0.577. The maximum absolute atomic E-state index is 11.3. The molecule has 14 heavy (non-hydrogen) atoms. The van der Waals surface area contributed by atoms with Crippen LogP contribution in [0, 0.1) is 0 Å². The Hall–Kier alpha value is -0.910. The van der Waals surface area contributed by atoms with Gasteiger partial charge in [0.2, 0.25) is 0 Å². The molecule has 0 amide bonds. The second-order valence-electron chi connectivity index (χ2n) is 2.79. The fourth-order valence-electron chi connectivity index (χ4n) is 1.13. The van der Waals surface area contributed by atoms with Gasteiger partial charge < -0.3 is 19.3 Å². The molecule has 1 rings (SSSR count). The molecule has 5 nitrogen and oxygen atoms in total. The number of aliphatic hydroxyl groups excluding tert-OH is 1. The van der Waals surface area contributed by atoms with Gasteiger partial charge in [-0.2, -0.15) is 0 Å². The van der Waals surface area contributed by atoms with Gasteiger partial charge in [-0.25, -0.2) is 4.79 Å². The molecule has 0 radical (unpaired) electrons. The smallest absolute Gasteiger partial charge is 0.338 e. The number of esters is 1. The highest BCUT2D eigenvalue weighted by molar-refractivity contribution is 5.76. The fraction of sp³-hybridized carbons (Fsp3) is 0.667. The quantitative estimate of drug-likeness (QED) is 0.508. The molecule has 1 aliphatic heterocycles. The first-order valence-electron chi connectivity index (χ1n) is 4.40. The molecular formula is C9H14O5. The zero-order valence-electron chi connectivity index (χ0n) is 8.17. The van der Waals surface area contributed by atoms with Crippen molar-refractivity contribution >= 4 is 5.97 Å². The Bertz CT molecular complexity index is 225. The molecule has 3 atom stereocenters. The number of carbonyl (C=O) groups excluding carboxylic acids is 1. The van der Waals surface area contributed by atoms with Gasteiger partial charge in [0.1, 0.15) is 6.10 Å². The summed E-state index contributed by atoms with van der Waals surface area (Å²) in [6.07, 6.45) is 0.428. The second kappa shape index (κ2) is 5.09. The van der Waals surface area contributed by atoms with E-state index in [9.17, 15) is 9.90 Å². The van der Waals surface area contributed by atoms with E-state index in [0.717, 1.165) is 0 Å². The Morgan fingerprint density at radius 1 is 1.57 bits per heavy atom. The molecule has 80 valence electrons. The number of methoxy groups -OCH3 is 1. The second-order valence-corrected chi connectivity index (χ2v) is 2.79. The van der Waals surface area contributed by atoms with Gasteiger partial charge in [-0.15, -0.1) is 0 Å². The summed E-state index contributed by atoms with van der Waals surface area (Å²) in [7, 11) is 1.45. The van der Waals surface area contributed by atoms with Crippen LogP contribution in [0.15, 0.2) is 12.2 Å². The van der Waals surface area contributed by atoms with E-state index in [0.29, 0.717) is 0 Å². The lowest BCUT2D eigenvalue weighted by atomic mass is 10.1. The molecule has 5 heteroatoms. The lowest BCUT2D eigenvalue weighted by Crippen LogP contribution is -2.42. The molecule has 0 saturated carbocycles. The topological polar surface area (TPSA) is 65.0 Å². The molecule has 0 aromatic heterocycles. The number of ether oxygens (including phenoxy) is 3. The normalized spacial score (nSPS) is 31.5. The Balaban J connectivity index is 2.60. The molecule has 0 spiro atoms. The van der Waals surface area contributed by atoms with Gasteiger partial charge in [-0.1, -0.05) is 6.08 Å². The van der Waals surface area contributed by atoms with Crippen LogP contribution in [0.1, 0.15) is 6.92 Å². The highest BCUT2D eigenvalue weighted by Gasteiger charge is 2.32. The lowest BCUT2D eigenvalue weighted by Gasteiger charge is -2.26. The standard InChI is InChI=1S/C9H14O5/c1-3-13-9(11)8-6(10)4-5-7(12-2)14-8/h4-8,10H,3H2,1-2H3/t6-,7+,8-/m1/s1. The van der Waals surface area contributed by atoms with E-state index in [-0.39, 0.29) is 6.61 Å². The number of carbonyl (C=O) groups is 1. The largest absolute Gasteiger partial charge is 0.464 e. The molecule has 0 saturated heterocycles. The average molecular weight is 202 g/mol. The Kier molecular flexibility index (Phi) is 4.06. The molecule has 0 fully saturated rings. The van der Waals surface area contributed by atoms with Crippen molar-refractivity contribution in [3.8, 4) is 0 Å². The molecule has 0 aromatic carbocycles. The van der Waals surface area contributed by atoms with Crippen LogP contribution in [-0.2, 0) is 19.0 Å². The molecule has 1 aliphatic rings. The van der Waals surface area contributed by atoms with Crippen LogP contribution in [0.2, 0.25) is 0 Å². The predicted octanol–water partition coefficient (Wildman–Crippen LogP) is -0.162. The van der Waals surface area contributed by atoms with E-state index < -0.39 is 24.5 Å². The third kappa shape index (κ3) is 2.54. The average Bonchev–Trinajstić information content (AvgIpc) is 2.19. The minimum Gasteiger partial charge on any atom is -0.464 e. The molecule has 1 heterocycles. The lowest BCUT2D eigenvalue weighted by molar-refractivity contribution is -0.190. The zero-order valence-corrected chi connectivity index (χ0v) is 8.17. The minimum absolute atomic E-state index is 0.257. The monoisotopic (exact) mass is 202 g/mol. The first-order valence-corrected chi connectivity index (χ1v) is 4.40. The molecule has 0 aromatic rings. The Morgan fingerprint density at radius 3 is 2.86 bits per heavy atom. The summed E-state index contributed by atoms with van der Waals surface area (Å²) in [5, 5.41) is 9.41. The summed E-state index contributed by atoms with van der Waals surface area (Å²) >= 11 is 0. The van der Waals surface area contributed by atoms with Crippen LogP contribution in [0.3, 0.4) is 0 Å². The molecule has 0 unspecified atom stereocenters. The molecule has 0 bridgehead atoms. The van der Waals surface area contributed by atoms with Crippen molar-refractivity contribution in [2.24, 2.45) is 0 Å². The Labute approximate surface area is 82.3 Å². The molecular weight excluding hydrogens is 188 g/mol. The number of rotatable bonds is 3. The first-order chi connectivity index (χ1) is 6.69. The zero-order chi connectivity index (χ0) is 10.6. The van der Waals surface area contributed by atoms with Crippen LogP contribution in [0.4, 0.5) is 0 Å². The van der Waals surface area contributed by atoms with Crippen molar-refractivity contribution in [1.82, 2.24) is 0 Å². The summed E-state index contributed by atoms with van der Waals surface area (Å²) in [6, 6.07) is 0. The SMILES string of the molecule is CCOC(=O)[C@@H]1O[C@H](OC)C=C[C@H]1O. The van der Waals surface area contributed by atoms with Crippen LogP contribution in [0.25, 0.3) is 0 Å². The number of hydrogen-bond donors (Lipinski definition) is 1. The fourth-order valence-corrected chi connectivity index (χ4v) is 1.13. The minimum atomic E-state index is -0.995. The van der Waals surface area contributed by atoms with Crippen LogP contribution in [0.5, 0.6) is 0 Å². The molecule has 0 aliphatic carbocycles. The van der Waals surface area contributed by atoms with Crippen LogP contribution >= 0.6 is 0 Å². The number of hydrogen-bond acceptors (Lipinski definition) is 5. The summed E-state index contributed by atoms with van der Waals surface area (Å²) in [6.45, 7) is 1.95. The van der Waals surface area contributed by atoms with Crippen LogP contribution < -0.4 is 0 Å². The van der Waals surface area contributed by atoms with Crippen LogP contribution in [-0.4, -0.2) is 43.3 Å². The first kappa shape index (κ1) is 11.2. The summed E-state index contributed by atoms with van der Waals surface area (Å²) in [5.41, 5.74) is 0. The van der Waals surface area contributed by atoms with E-state index in [4.69, 9.17) is 14.2 Å². The third-order valence-corrected chi connectivity index (χ3v) is 1.81. The maximum atomic E-state index is 11.3. The van der Waals surface area contributed by atoms with Crippen molar-refractivity contribution in [3.05, 3.63) is 12.2 Å². The van der Waals surface area contributed by atoms with Crippen molar-refractivity contribution in [2.75, 3.05) is 13.7 Å². The van der Waals surface area contributed by atoms with Crippen molar-refractivity contribution in [2.45, 2.75) is 25.4 Å². The maximum Gasteiger partial charge on any atom is 0.338 e. The number of aliphatic hydroxyl groups is 1. The van der Waals surface area contributed by atoms with Gasteiger partial charge >= 0.3 is 5.97 Å². The molecule has 1 N–H and O–H groups in total. The van der Waals surface area contributed by atoms with Gasteiger partial charge in [0.15, 0.2) is 12.4 Å². The van der Waals surface area contributed by atoms with Gasteiger partial charge in [-0.3, -0.25) is 0 Å². The van der Waals surface area contributed by atoms with Crippen molar-refractivity contribution < 1.29 is 24.1 Å². The highest BCUT2D eigenvalue weighted by atomic mass is 16.7. The van der Waals surface area contributed by atoms with Gasteiger partial charge in [0.25, 0.3) is 0 Å².